The van der Waals surface area contributed by atoms with E-state index in [0.29, 0.717) is 6.54 Å². The van der Waals surface area contributed by atoms with Crippen LogP contribution in [0.2, 0.25) is 0 Å². The van der Waals surface area contributed by atoms with E-state index in [9.17, 15) is 0 Å². The maximum absolute atomic E-state index is 5.85. The molecule has 100 valence electrons. The Balaban J connectivity index is 2.22. The molecule has 3 heteroatoms. The third-order valence-corrected chi connectivity index (χ3v) is 3.99. The molecule has 0 aromatic heterocycles. The Morgan fingerprint density at radius 2 is 1.79 bits per heavy atom. The van der Waals surface area contributed by atoms with Gasteiger partial charge in [0.05, 0.1) is 0 Å². The van der Waals surface area contributed by atoms with Gasteiger partial charge in [-0.1, -0.05) is 51.8 Å². The highest BCUT2D eigenvalue weighted by Gasteiger charge is 2.09. The van der Waals surface area contributed by atoms with Crippen molar-refractivity contribution in [1.29, 1.82) is 0 Å². The highest BCUT2D eigenvalue weighted by Crippen LogP contribution is 2.27. The van der Waals surface area contributed by atoms with Crippen molar-refractivity contribution in [2.75, 3.05) is 11.9 Å². The number of hydrogen-bond acceptors (Lipinski definition) is 2. The second-order valence-corrected chi connectivity index (χ2v) is 5.64. The van der Waals surface area contributed by atoms with Gasteiger partial charge in [0.1, 0.15) is 0 Å². The van der Waals surface area contributed by atoms with Crippen LogP contribution in [0.25, 0.3) is 0 Å². The molecule has 2 N–H and O–H groups in total. The lowest BCUT2D eigenvalue weighted by atomic mass is 10.1. The van der Waals surface area contributed by atoms with Crippen LogP contribution in [-0.4, -0.2) is 7.05 Å². The molecular formula is C16H19BrN2. The summed E-state index contributed by atoms with van der Waals surface area (Å²) in [6.45, 7) is 3.52. The van der Waals surface area contributed by atoms with Gasteiger partial charge < -0.3 is 10.6 Å². The number of aryl methyl sites for hydroxylation is 1. The van der Waals surface area contributed by atoms with Gasteiger partial charge >= 0.3 is 0 Å². The molecule has 0 heterocycles. The van der Waals surface area contributed by atoms with Crippen molar-refractivity contribution in [3.63, 3.8) is 0 Å². The topological polar surface area (TPSA) is 29.3 Å². The van der Waals surface area contributed by atoms with Crippen molar-refractivity contribution >= 4 is 21.6 Å². The number of nitrogens with two attached hydrogens (primary N) is 1. The average molecular weight is 319 g/mol. The van der Waals surface area contributed by atoms with Crippen molar-refractivity contribution in [2.45, 2.75) is 20.0 Å². The van der Waals surface area contributed by atoms with Crippen LogP contribution in [-0.2, 0) is 13.1 Å². The highest BCUT2D eigenvalue weighted by molar-refractivity contribution is 9.10. The number of benzene rings is 2. The molecule has 0 aliphatic rings. The van der Waals surface area contributed by atoms with Gasteiger partial charge in [-0.25, -0.2) is 0 Å². The minimum atomic E-state index is 0.537. The van der Waals surface area contributed by atoms with E-state index < -0.39 is 0 Å². The summed E-state index contributed by atoms with van der Waals surface area (Å²) in [5.74, 6) is 0. The van der Waals surface area contributed by atoms with Gasteiger partial charge in [-0.2, -0.15) is 0 Å². The Morgan fingerprint density at radius 3 is 2.42 bits per heavy atom. The van der Waals surface area contributed by atoms with E-state index in [1.165, 1.54) is 16.8 Å². The quantitative estimate of drug-likeness (QED) is 0.927. The summed E-state index contributed by atoms with van der Waals surface area (Å²) >= 11 is 3.56. The number of halogens is 1. The summed E-state index contributed by atoms with van der Waals surface area (Å²) in [7, 11) is 2.10. The van der Waals surface area contributed by atoms with Crippen LogP contribution in [0.1, 0.15) is 16.7 Å². The van der Waals surface area contributed by atoms with Gasteiger partial charge in [0.2, 0.25) is 0 Å². The average Bonchev–Trinajstić information content (AvgIpc) is 2.41. The molecule has 0 saturated heterocycles. The van der Waals surface area contributed by atoms with Gasteiger partial charge in [0.25, 0.3) is 0 Å². The first-order chi connectivity index (χ1) is 9.11. The molecule has 0 amide bonds. The van der Waals surface area contributed by atoms with Gasteiger partial charge in [0, 0.05) is 35.9 Å². The molecule has 0 bridgehead atoms. The predicted molar refractivity (Wildman–Crippen MR) is 85.3 cm³/mol. The molecule has 2 aromatic carbocycles. The molecule has 2 aromatic rings. The van der Waals surface area contributed by atoms with E-state index in [1.54, 1.807) is 0 Å². The summed E-state index contributed by atoms with van der Waals surface area (Å²) in [5.41, 5.74) is 10.8. The van der Waals surface area contributed by atoms with E-state index in [-0.39, 0.29) is 0 Å². The van der Waals surface area contributed by atoms with E-state index in [2.05, 4.69) is 65.1 Å². The molecule has 2 nitrogen and oxygen atoms in total. The number of rotatable bonds is 4. The lowest BCUT2D eigenvalue weighted by Gasteiger charge is -2.23. The Kier molecular flexibility index (Phi) is 4.61. The van der Waals surface area contributed by atoms with Crippen LogP contribution < -0.4 is 10.6 Å². The van der Waals surface area contributed by atoms with Crippen LogP contribution in [0.15, 0.2) is 46.9 Å². The fraction of sp³-hybridized carbons (Fsp3) is 0.250. The standard InChI is InChI=1S/C16H19BrN2/c1-12-6-8-13(9-7-12)11-19(2)16-5-3-4-15(17)14(16)10-18/h3-9H,10-11,18H2,1-2H3. The van der Waals surface area contributed by atoms with Gasteiger partial charge in [-0.05, 0) is 24.6 Å². The largest absolute Gasteiger partial charge is 0.370 e. The molecule has 0 atom stereocenters. The summed E-state index contributed by atoms with van der Waals surface area (Å²) in [5, 5.41) is 0. The van der Waals surface area contributed by atoms with Crippen LogP contribution in [0.4, 0.5) is 5.69 Å². The van der Waals surface area contributed by atoms with Crippen LogP contribution >= 0.6 is 15.9 Å². The minimum Gasteiger partial charge on any atom is -0.370 e. The van der Waals surface area contributed by atoms with Crippen LogP contribution in [0.5, 0.6) is 0 Å². The van der Waals surface area contributed by atoms with Crippen molar-refractivity contribution < 1.29 is 0 Å². The lowest BCUT2D eigenvalue weighted by molar-refractivity contribution is 0.901. The predicted octanol–water partition coefficient (Wildman–Crippen LogP) is 3.85. The Hall–Kier alpha value is -1.32. The molecule has 19 heavy (non-hydrogen) atoms. The zero-order chi connectivity index (χ0) is 13.8. The molecular weight excluding hydrogens is 300 g/mol. The van der Waals surface area contributed by atoms with Crippen LogP contribution in [0.3, 0.4) is 0 Å². The van der Waals surface area contributed by atoms with E-state index in [1.807, 2.05) is 12.1 Å². The van der Waals surface area contributed by atoms with Crippen molar-refractivity contribution in [2.24, 2.45) is 5.73 Å². The zero-order valence-corrected chi connectivity index (χ0v) is 12.9. The lowest BCUT2D eigenvalue weighted by Crippen LogP contribution is -2.19. The highest BCUT2D eigenvalue weighted by atomic mass is 79.9. The molecule has 0 spiro atoms. The third-order valence-electron chi connectivity index (χ3n) is 3.25. The molecule has 0 radical (unpaired) electrons. The smallest absolute Gasteiger partial charge is 0.0426 e. The number of hydrogen-bond donors (Lipinski definition) is 1. The first kappa shape index (κ1) is 14.1. The zero-order valence-electron chi connectivity index (χ0n) is 11.4. The number of anilines is 1. The Labute approximate surface area is 123 Å². The summed E-state index contributed by atoms with van der Waals surface area (Å²) < 4.78 is 1.07. The summed E-state index contributed by atoms with van der Waals surface area (Å²) in [4.78, 5) is 2.23. The second kappa shape index (κ2) is 6.22. The van der Waals surface area contributed by atoms with Crippen LogP contribution in [0, 0.1) is 6.92 Å². The normalized spacial score (nSPS) is 10.5. The fourth-order valence-corrected chi connectivity index (χ4v) is 2.68. The molecule has 0 fully saturated rings. The van der Waals surface area contributed by atoms with Gasteiger partial charge in [0.15, 0.2) is 0 Å². The molecule has 2 rings (SSSR count). The summed E-state index contributed by atoms with van der Waals surface area (Å²) in [6.07, 6.45) is 0. The molecule has 0 aliphatic heterocycles. The molecule has 0 saturated carbocycles. The van der Waals surface area contributed by atoms with Crippen molar-refractivity contribution in [3.05, 3.63) is 63.6 Å². The van der Waals surface area contributed by atoms with E-state index in [0.717, 1.165) is 16.6 Å². The first-order valence-electron chi connectivity index (χ1n) is 6.36. The Bertz CT molecular complexity index is 549. The van der Waals surface area contributed by atoms with Gasteiger partial charge in [-0.15, -0.1) is 0 Å². The van der Waals surface area contributed by atoms with E-state index in [4.69, 9.17) is 5.73 Å². The second-order valence-electron chi connectivity index (χ2n) is 4.78. The number of nitrogens with zero attached hydrogens (tertiary/aromatic N) is 1. The molecule has 0 aliphatic carbocycles. The third kappa shape index (κ3) is 3.37. The monoisotopic (exact) mass is 318 g/mol. The van der Waals surface area contributed by atoms with Crippen molar-refractivity contribution in [3.8, 4) is 0 Å². The van der Waals surface area contributed by atoms with E-state index >= 15 is 0 Å². The molecule has 0 unspecified atom stereocenters. The maximum atomic E-state index is 5.85. The fourth-order valence-electron chi connectivity index (χ4n) is 2.16. The van der Waals surface area contributed by atoms with Crippen molar-refractivity contribution in [1.82, 2.24) is 0 Å². The summed E-state index contributed by atoms with van der Waals surface area (Å²) in [6, 6.07) is 14.8. The first-order valence-corrected chi connectivity index (χ1v) is 7.15. The Morgan fingerprint density at radius 1 is 1.11 bits per heavy atom. The SMILES string of the molecule is Cc1ccc(CN(C)c2cccc(Br)c2CN)cc1. The maximum Gasteiger partial charge on any atom is 0.0426 e. The minimum absolute atomic E-state index is 0.537. The van der Waals surface area contributed by atoms with Gasteiger partial charge in [-0.3, -0.25) is 0 Å².